The van der Waals surface area contributed by atoms with Crippen LogP contribution >= 0.6 is 0 Å². The van der Waals surface area contributed by atoms with Gasteiger partial charge in [-0.25, -0.2) is 14.9 Å². The maximum absolute atomic E-state index is 11.7. The van der Waals surface area contributed by atoms with Gasteiger partial charge >= 0.3 is 0 Å². The molecule has 1 aliphatic rings. The number of nitro benzene ring substituents is 1. The molecule has 0 amide bonds. The molecule has 2 unspecified atom stereocenters. The lowest BCUT2D eigenvalue weighted by atomic mass is 9.97. The Morgan fingerprint density at radius 3 is 2.59 bits per heavy atom. The predicted molar refractivity (Wildman–Crippen MR) is 159 cm³/mol. The zero-order valence-electron chi connectivity index (χ0n) is 25.3. The molecule has 3 aromatic rings. The number of nitrogen functional groups attached to an aromatic ring is 1. The van der Waals surface area contributed by atoms with Crippen LogP contribution in [0.4, 0.5) is 11.5 Å². The van der Waals surface area contributed by atoms with Gasteiger partial charge in [0.05, 0.1) is 34.7 Å². The van der Waals surface area contributed by atoms with Gasteiger partial charge in [0.1, 0.15) is 30.1 Å². The molecule has 0 saturated carbocycles. The average Bonchev–Trinajstić information content (AvgIpc) is 3.49. The number of nitro groups is 1. The van der Waals surface area contributed by atoms with Gasteiger partial charge in [-0.15, -0.1) is 0 Å². The predicted octanol–water partition coefficient (Wildman–Crippen LogP) is 6.86. The van der Waals surface area contributed by atoms with E-state index in [2.05, 4.69) is 50.8 Å². The summed E-state index contributed by atoms with van der Waals surface area (Å²) in [5.74, 6) is 0.318. The Kier molecular flexibility index (Phi) is 9.19. The smallest absolute Gasteiger partial charge is 0.275 e. The second-order valence-corrected chi connectivity index (χ2v) is 17.2. The Bertz CT molecular complexity index is 1370. The number of hydrogen-bond donors (Lipinski definition) is 1. The molecule has 41 heavy (non-hydrogen) atoms. The molecule has 11 nitrogen and oxygen atoms in total. The molecule has 1 fully saturated rings. The summed E-state index contributed by atoms with van der Waals surface area (Å²) in [6.45, 7) is 17.0. The summed E-state index contributed by atoms with van der Waals surface area (Å²) in [4.78, 5) is 26.2. The second kappa shape index (κ2) is 12.1. The van der Waals surface area contributed by atoms with Crippen molar-refractivity contribution in [2.75, 3.05) is 5.73 Å². The Morgan fingerprint density at radius 2 is 1.95 bits per heavy atom. The number of hydrogen-bond acceptors (Lipinski definition) is 9. The summed E-state index contributed by atoms with van der Waals surface area (Å²) in [7, 11) is -2.11. The minimum absolute atomic E-state index is 0.0136. The Hall–Kier alpha value is -2.90. The molecule has 12 heteroatoms. The van der Waals surface area contributed by atoms with Crippen LogP contribution in [-0.2, 0) is 25.5 Å². The van der Waals surface area contributed by atoms with Crippen molar-refractivity contribution in [2.45, 2.75) is 104 Å². The van der Waals surface area contributed by atoms with Crippen LogP contribution in [0, 0.1) is 16.0 Å². The Morgan fingerprint density at radius 1 is 1.24 bits per heavy atom. The molecule has 2 N–H and O–H groups in total. The summed E-state index contributed by atoms with van der Waals surface area (Å²) >= 11 is 0. The van der Waals surface area contributed by atoms with Crippen LogP contribution in [0.2, 0.25) is 18.1 Å². The fraction of sp³-hybridized carbons (Fsp3) is 0.586. The van der Waals surface area contributed by atoms with Gasteiger partial charge in [0.2, 0.25) is 8.32 Å². The standard InChI is InChI=1S/C29H43N5O6Si/c1-9-22-23(39-40-41(7,8)29(4,5)6)14-24(38-22)33-15-19(25-27(30)31-17-32-28(25)33)16-37-26(18(2)3)20-12-10-11-13-21(20)34(35)36/h10-13,15,17-18,22-24,26H,9,14,16H2,1-8H3,(H2,30,31,32)/t22-,23?,24-,26?/m1/s1. The third-order valence-corrected chi connectivity index (χ3v) is 12.4. The van der Waals surface area contributed by atoms with Gasteiger partial charge < -0.3 is 19.8 Å². The van der Waals surface area contributed by atoms with Crippen LogP contribution in [-0.4, -0.2) is 40.0 Å². The van der Waals surface area contributed by atoms with E-state index in [0.29, 0.717) is 28.8 Å². The van der Waals surface area contributed by atoms with Gasteiger partial charge in [-0.2, -0.15) is 0 Å². The molecule has 1 aliphatic heterocycles. The average molecular weight is 586 g/mol. The number of benzene rings is 1. The molecular formula is C29H43N5O6Si. The van der Waals surface area contributed by atoms with Crippen LogP contribution in [0.25, 0.3) is 11.0 Å². The van der Waals surface area contributed by atoms with Gasteiger partial charge in [-0.05, 0) is 36.5 Å². The van der Waals surface area contributed by atoms with E-state index in [1.807, 2.05) is 24.6 Å². The number of nitrogens with zero attached hydrogens (tertiary/aromatic N) is 4. The summed E-state index contributed by atoms with van der Waals surface area (Å²) in [6.07, 6.45) is 3.47. The zero-order valence-corrected chi connectivity index (χ0v) is 26.3. The molecule has 224 valence electrons. The number of nitrogens with two attached hydrogens (primary N) is 1. The van der Waals surface area contributed by atoms with Gasteiger partial charge in [0.25, 0.3) is 5.69 Å². The van der Waals surface area contributed by atoms with Crippen molar-refractivity contribution < 1.29 is 23.9 Å². The number of para-hydroxylation sites is 1. The van der Waals surface area contributed by atoms with Crippen LogP contribution in [0.15, 0.2) is 36.8 Å². The van der Waals surface area contributed by atoms with Crippen LogP contribution in [0.1, 0.15) is 77.8 Å². The maximum Gasteiger partial charge on any atom is 0.275 e. The van der Waals surface area contributed by atoms with Gasteiger partial charge in [0.15, 0.2) is 0 Å². The van der Waals surface area contributed by atoms with Crippen molar-refractivity contribution >= 4 is 30.9 Å². The van der Waals surface area contributed by atoms with E-state index in [0.717, 1.165) is 12.0 Å². The van der Waals surface area contributed by atoms with Crippen molar-refractivity contribution in [1.29, 1.82) is 0 Å². The zero-order chi connectivity index (χ0) is 30.1. The van der Waals surface area contributed by atoms with Crippen LogP contribution in [0.5, 0.6) is 0 Å². The molecule has 0 spiro atoms. The monoisotopic (exact) mass is 585 g/mol. The summed E-state index contributed by atoms with van der Waals surface area (Å²) in [6, 6.07) is 6.69. The quantitative estimate of drug-likeness (QED) is 0.111. The van der Waals surface area contributed by atoms with Crippen molar-refractivity contribution in [2.24, 2.45) is 5.92 Å². The topological polar surface area (TPSA) is 137 Å². The molecule has 0 radical (unpaired) electrons. The molecule has 4 rings (SSSR count). The van der Waals surface area contributed by atoms with E-state index in [-0.39, 0.29) is 46.6 Å². The molecule has 1 aromatic carbocycles. The summed E-state index contributed by atoms with van der Waals surface area (Å²) in [5.41, 5.74) is 8.32. The van der Waals surface area contributed by atoms with E-state index in [1.165, 1.54) is 12.4 Å². The minimum atomic E-state index is -2.11. The lowest BCUT2D eigenvalue weighted by Crippen LogP contribution is -2.42. The molecule has 2 aromatic heterocycles. The first kappa shape index (κ1) is 31.0. The van der Waals surface area contributed by atoms with E-state index >= 15 is 0 Å². The van der Waals surface area contributed by atoms with Gasteiger partial charge in [-0.1, -0.05) is 53.7 Å². The van der Waals surface area contributed by atoms with Crippen LogP contribution in [0.3, 0.4) is 0 Å². The molecule has 0 bridgehead atoms. The molecule has 0 aliphatic carbocycles. The van der Waals surface area contributed by atoms with Gasteiger partial charge in [0, 0.05) is 24.2 Å². The first-order chi connectivity index (χ1) is 19.2. The highest BCUT2D eigenvalue weighted by Crippen LogP contribution is 2.41. The second-order valence-electron chi connectivity index (χ2n) is 12.6. The number of rotatable bonds is 11. The van der Waals surface area contributed by atoms with Gasteiger partial charge in [-0.3, -0.25) is 14.7 Å². The minimum Gasteiger partial charge on any atom is -0.383 e. The highest BCUT2D eigenvalue weighted by Gasteiger charge is 2.43. The first-order valence-electron chi connectivity index (χ1n) is 14.2. The van der Waals surface area contributed by atoms with Crippen molar-refractivity contribution in [3.8, 4) is 0 Å². The number of anilines is 1. The van der Waals surface area contributed by atoms with E-state index in [1.54, 1.807) is 18.2 Å². The first-order valence-corrected chi connectivity index (χ1v) is 17.1. The van der Waals surface area contributed by atoms with Crippen molar-refractivity contribution in [1.82, 2.24) is 14.5 Å². The SMILES string of the molecule is CC[C@H]1O[C@@H](n2cc(COC(c3ccccc3[N+](=O)[O-])C(C)C)c3c(N)ncnc32)CC1OO[Si](C)(C)C(C)(C)C. The number of aromatic nitrogens is 3. The normalized spacial score (nSPS) is 20.7. The van der Waals surface area contributed by atoms with Crippen LogP contribution < -0.4 is 5.73 Å². The van der Waals surface area contributed by atoms with E-state index < -0.39 is 14.4 Å². The summed E-state index contributed by atoms with van der Waals surface area (Å²) < 4.78 is 20.9. The molecular weight excluding hydrogens is 542 g/mol. The number of fused-ring (bicyclic) bond motifs is 1. The highest BCUT2D eigenvalue weighted by atomic mass is 28.4. The Balaban J connectivity index is 1.60. The molecule has 3 heterocycles. The van der Waals surface area contributed by atoms with E-state index in [4.69, 9.17) is 24.7 Å². The fourth-order valence-electron chi connectivity index (χ4n) is 4.87. The third-order valence-electron chi connectivity index (χ3n) is 8.26. The summed E-state index contributed by atoms with van der Waals surface area (Å²) in [5, 5.41) is 12.4. The largest absolute Gasteiger partial charge is 0.383 e. The van der Waals surface area contributed by atoms with Crippen molar-refractivity contribution in [3.63, 3.8) is 0 Å². The molecule has 4 atom stereocenters. The van der Waals surface area contributed by atoms with E-state index in [9.17, 15) is 10.1 Å². The lowest BCUT2D eigenvalue weighted by Gasteiger charge is -2.35. The maximum atomic E-state index is 11.7. The fourth-order valence-corrected chi connectivity index (χ4v) is 5.49. The number of ether oxygens (including phenoxy) is 2. The molecule has 1 saturated heterocycles. The van der Waals surface area contributed by atoms with Crippen molar-refractivity contribution in [3.05, 3.63) is 58.0 Å². The highest BCUT2D eigenvalue weighted by molar-refractivity contribution is 6.73. The lowest BCUT2D eigenvalue weighted by molar-refractivity contribution is -0.386. The third kappa shape index (κ3) is 6.46. The Labute approximate surface area is 242 Å².